The highest BCUT2D eigenvalue weighted by atomic mass is 16.2. The van der Waals surface area contributed by atoms with Crippen LogP contribution in [0.15, 0.2) is 60.8 Å². The molecule has 4 rings (SSSR count). The zero-order valence-electron chi connectivity index (χ0n) is 15.7. The summed E-state index contributed by atoms with van der Waals surface area (Å²) in [5, 5.41) is 10.2. The molecule has 6 heteroatoms. The number of hydrogen-bond acceptors (Lipinski definition) is 3. The Morgan fingerprint density at radius 1 is 1.04 bits per heavy atom. The minimum atomic E-state index is -0.214. The number of benzene rings is 2. The second-order valence-corrected chi connectivity index (χ2v) is 6.89. The first-order chi connectivity index (χ1) is 13.7. The highest BCUT2D eigenvalue weighted by Gasteiger charge is 2.23. The lowest BCUT2D eigenvalue weighted by molar-refractivity contribution is 0.0950. The van der Waals surface area contributed by atoms with Crippen molar-refractivity contribution in [3.05, 3.63) is 77.6 Å². The number of nitrogens with one attached hydrogen (secondary N) is 2. The van der Waals surface area contributed by atoms with Crippen molar-refractivity contribution in [1.82, 2.24) is 15.1 Å². The molecule has 0 aliphatic heterocycles. The maximum Gasteiger partial charge on any atom is 0.259 e. The average molecular weight is 374 g/mol. The fourth-order valence-electron chi connectivity index (χ4n) is 3.10. The molecular weight excluding hydrogens is 352 g/mol. The van der Waals surface area contributed by atoms with Crippen LogP contribution in [0.3, 0.4) is 0 Å². The maximum absolute atomic E-state index is 12.8. The van der Waals surface area contributed by atoms with Gasteiger partial charge in [-0.05, 0) is 55.7 Å². The second-order valence-electron chi connectivity index (χ2n) is 6.89. The first kappa shape index (κ1) is 18.0. The summed E-state index contributed by atoms with van der Waals surface area (Å²) >= 11 is 0. The van der Waals surface area contributed by atoms with Gasteiger partial charge in [0.2, 0.25) is 0 Å². The van der Waals surface area contributed by atoms with Gasteiger partial charge in [0, 0.05) is 17.3 Å². The fraction of sp³-hybridized carbons (Fsp3) is 0.227. The van der Waals surface area contributed by atoms with Gasteiger partial charge in [0.15, 0.2) is 0 Å². The minimum Gasteiger partial charge on any atom is -0.349 e. The van der Waals surface area contributed by atoms with Gasteiger partial charge < -0.3 is 10.6 Å². The van der Waals surface area contributed by atoms with Gasteiger partial charge in [-0.1, -0.05) is 25.1 Å². The van der Waals surface area contributed by atoms with Gasteiger partial charge in [0.25, 0.3) is 11.8 Å². The molecule has 2 amide bonds. The van der Waals surface area contributed by atoms with E-state index in [1.54, 1.807) is 35.1 Å². The maximum atomic E-state index is 12.8. The lowest BCUT2D eigenvalue weighted by atomic mass is 10.1. The Balaban J connectivity index is 1.49. The van der Waals surface area contributed by atoms with Crippen LogP contribution < -0.4 is 10.6 Å². The van der Waals surface area contributed by atoms with E-state index in [2.05, 4.69) is 15.7 Å². The molecule has 2 N–H and O–H groups in total. The summed E-state index contributed by atoms with van der Waals surface area (Å²) in [4.78, 5) is 24.8. The van der Waals surface area contributed by atoms with Crippen molar-refractivity contribution in [3.8, 4) is 5.69 Å². The van der Waals surface area contributed by atoms with Gasteiger partial charge in [-0.2, -0.15) is 5.10 Å². The Hall–Kier alpha value is -3.41. The minimum absolute atomic E-state index is 0.0715. The SMILES string of the molecule is CCc1c(C(=O)Nc2ccc(C(=O)NC3CC3)cc2)cnn1-c1ccccc1. The number of carbonyl (C=O) groups excluding carboxylic acids is 2. The molecule has 0 spiro atoms. The summed E-state index contributed by atoms with van der Waals surface area (Å²) in [5.41, 5.74) is 3.55. The van der Waals surface area contributed by atoms with Crippen LogP contribution in [0, 0.1) is 0 Å². The smallest absolute Gasteiger partial charge is 0.259 e. The van der Waals surface area contributed by atoms with E-state index in [0.717, 1.165) is 24.2 Å². The van der Waals surface area contributed by atoms with E-state index in [1.807, 2.05) is 37.3 Å². The number of aromatic nitrogens is 2. The van der Waals surface area contributed by atoms with E-state index in [1.165, 1.54) is 0 Å². The summed E-state index contributed by atoms with van der Waals surface area (Å²) in [6, 6.07) is 17.0. The fourth-order valence-corrected chi connectivity index (χ4v) is 3.10. The third kappa shape index (κ3) is 3.81. The summed E-state index contributed by atoms with van der Waals surface area (Å²) in [6.45, 7) is 2.00. The van der Waals surface area contributed by atoms with E-state index in [-0.39, 0.29) is 11.8 Å². The second kappa shape index (κ2) is 7.68. The molecule has 2 aromatic carbocycles. The Labute approximate surface area is 163 Å². The monoisotopic (exact) mass is 374 g/mol. The number of rotatable bonds is 6. The first-order valence-electron chi connectivity index (χ1n) is 9.50. The Morgan fingerprint density at radius 3 is 2.39 bits per heavy atom. The Bertz CT molecular complexity index is 989. The van der Waals surface area contributed by atoms with E-state index in [4.69, 9.17) is 0 Å². The summed E-state index contributed by atoms with van der Waals surface area (Å²) in [6.07, 6.45) is 4.38. The van der Waals surface area contributed by atoms with Crippen LogP contribution in [0.25, 0.3) is 5.69 Å². The first-order valence-corrected chi connectivity index (χ1v) is 9.50. The lowest BCUT2D eigenvalue weighted by Gasteiger charge is -2.09. The number of para-hydroxylation sites is 1. The van der Waals surface area contributed by atoms with Crippen molar-refractivity contribution in [2.75, 3.05) is 5.32 Å². The standard InChI is InChI=1S/C22H22N4O2/c1-2-20-19(14-23-26(20)18-6-4-3-5-7-18)22(28)25-16-10-8-15(9-11-16)21(27)24-17-12-13-17/h3-11,14,17H,2,12-13H2,1H3,(H,24,27)(H,25,28). The molecular formula is C22H22N4O2. The van der Waals surface area contributed by atoms with Crippen molar-refractivity contribution in [3.63, 3.8) is 0 Å². The van der Waals surface area contributed by atoms with Crippen LogP contribution in [0.5, 0.6) is 0 Å². The van der Waals surface area contributed by atoms with Crippen LogP contribution in [-0.4, -0.2) is 27.6 Å². The number of hydrogen-bond donors (Lipinski definition) is 2. The number of carbonyl (C=O) groups is 2. The Morgan fingerprint density at radius 2 is 1.75 bits per heavy atom. The van der Waals surface area contributed by atoms with Crippen LogP contribution in [0.4, 0.5) is 5.69 Å². The lowest BCUT2D eigenvalue weighted by Crippen LogP contribution is -2.25. The van der Waals surface area contributed by atoms with Crippen LogP contribution >= 0.6 is 0 Å². The summed E-state index contributed by atoms with van der Waals surface area (Å²) in [7, 11) is 0. The van der Waals surface area contributed by atoms with Crippen LogP contribution in [0.2, 0.25) is 0 Å². The molecule has 1 aliphatic carbocycles. The molecule has 0 unspecified atom stereocenters. The Kier molecular flexibility index (Phi) is 4.93. The molecule has 1 heterocycles. The molecule has 6 nitrogen and oxygen atoms in total. The van der Waals surface area contributed by atoms with Crippen molar-refractivity contribution < 1.29 is 9.59 Å². The van der Waals surface area contributed by atoms with Crippen LogP contribution in [-0.2, 0) is 6.42 Å². The highest BCUT2D eigenvalue weighted by Crippen LogP contribution is 2.20. The molecule has 0 atom stereocenters. The van der Waals surface area contributed by atoms with E-state index in [9.17, 15) is 9.59 Å². The number of nitrogens with zero attached hydrogens (tertiary/aromatic N) is 2. The molecule has 3 aromatic rings. The van der Waals surface area contributed by atoms with E-state index < -0.39 is 0 Å². The molecule has 0 radical (unpaired) electrons. The summed E-state index contributed by atoms with van der Waals surface area (Å²) < 4.78 is 1.79. The highest BCUT2D eigenvalue weighted by molar-refractivity contribution is 6.05. The summed E-state index contributed by atoms with van der Waals surface area (Å²) in [5.74, 6) is -0.285. The molecule has 0 bridgehead atoms. The normalized spacial score (nSPS) is 13.2. The van der Waals surface area contributed by atoms with E-state index in [0.29, 0.717) is 29.3 Å². The zero-order valence-corrected chi connectivity index (χ0v) is 15.7. The molecule has 1 fully saturated rings. The predicted molar refractivity (Wildman–Crippen MR) is 108 cm³/mol. The zero-order chi connectivity index (χ0) is 19.5. The van der Waals surface area contributed by atoms with Gasteiger partial charge in [0.1, 0.15) is 0 Å². The topological polar surface area (TPSA) is 76.0 Å². The molecule has 142 valence electrons. The molecule has 0 saturated heterocycles. The van der Waals surface area contributed by atoms with Crippen molar-refractivity contribution in [2.45, 2.75) is 32.2 Å². The largest absolute Gasteiger partial charge is 0.349 e. The van der Waals surface area contributed by atoms with Gasteiger partial charge in [-0.3, -0.25) is 9.59 Å². The van der Waals surface area contributed by atoms with Gasteiger partial charge in [-0.15, -0.1) is 0 Å². The third-order valence-corrected chi connectivity index (χ3v) is 4.77. The number of amides is 2. The van der Waals surface area contributed by atoms with E-state index >= 15 is 0 Å². The quantitative estimate of drug-likeness (QED) is 0.692. The van der Waals surface area contributed by atoms with Crippen molar-refractivity contribution in [2.24, 2.45) is 0 Å². The molecule has 28 heavy (non-hydrogen) atoms. The van der Waals surface area contributed by atoms with Gasteiger partial charge in [0.05, 0.1) is 23.1 Å². The van der Waals surface area contributed by atoms with Gasteiger partial charge >= 0.3 is 0 Å². The molecule has 1 aliphatic rings. The van der Waals surface area contributed by atoms with Crippen LogP contribution in [0.1, 0.15) is 46.2 Å². The average Bonchev–Trinajstić information content (AvgIpc) is 3.43. The molecule has 1 aromatic heterocycles. The van der Waals surface area contributed by atoms with Crippen molar-refractivity contribution in [1.29, 1.82) is 0 Å². The predicted octanol–water partition coefficient (Wildman–Crippen LogP) is 3.58. The molecule has 1 saturated carbocycles. The number of anilines is 1. The van der Waals surface area contributed by atoms with Crippen molar-refractivity contribution >= 4 is 17.5 Å². The third-order valence-electron chi connectivity index (χ3n) is 4.77. The van der Waals surface area contributed by atoms with Gasteiger partial charge in [-0.25, -0.2) is 4.68 Å².